The third-order valence-electron chi connectivity index (χ3n) is 1.89. The number of thioether (sulfide) groups is 1. The van der Waals surface area contributed by atoms with Crippen LogP contribution in [0, 0.1) is 11.3 Å². The Balaban J connectivity index is 2.59. The van der Waals surface area contributed by atoms with E-state index in [0.29, 0.717) is 10.4 Å². The van der Waals surface area contributed by atoms with Crippen LogP contribution in [-0.2, 0) is 4.79 Å². The van der Waals surface area contributed by atoms with E-state index in [1.54, 1.807) is 5.38 Å². The Bertz CT molecular complexity index is 410. The molecular formula is C10H11NO3S2. The van der Waals surface area contributed by atoms with Gasteiger partial charge in [-0.25, -0.2) is 0 Å². The van der Waals surface area contributed by atoms with E-state index in [4.69, 9.17) is 5.26 Å². The highest BCUT2D eigenvalue weighted by atomic mass is 32.2. The molecule has 6 heteroatoms. The standard InChI is InChI=1S/C10H11NO3S2/c1-6(12)15-5-9(13)10(14)7-2-8(3-11)16-4-7/h2,4,9-10,13-14H,5H2,1H3. The second-order valence-corrected chi connectivity index (χ2v) is 5.28. The van der Waals surface area contributed by atoms with Crippen LogP contribution in [0.5, 0.6) is 0 Å². The minimum atomic E-state index is -1.05. The number of thiophene rings is 1. The molecule has 1 rings (SSSR count). The first-order valence-corrected chi connectivity index (χ1v) is 6.39. The molecule has 4 nitrogen and oxygen atoms in total. The minimum Gasteiger partial charge on any atom is -0.389 e. The summed E-state index contributed by atoms with van der Waals surface area (Å²) in [5, 5.41) is 29.5. The summed E-state index contributed by atoms with van der Waals surface area (Å²) in [5.74, 6) is 0.147. The first kappa shape index (κ1) is 13.2. The monoisotopic (exact) mass is 257 g/mol. The Kier molecular flexibility index (Phi) is 4.96. The first-order chi connectivity index (χ1) is 7.54. The normalized spacial score (nSPS) is 14.1. The maximum atomic E-state index is 10.7. The van der Waals surface area contributed by atoms with E-state index in [0.717, 1.165) is 11.8 Å². The second-order valence-electron chi connectivity index (χ2n) is 3.17. The van der Waals surface area contributed by atoms with Gasteiger partial charge in [0.15, 0.2) is 5.12 Å². The summed E-state index contributed by atoms with van der Waals surface area (Å²) in [6, 6.07) is 3.50. The van der Waals surface area contributed by atoms with Gasteiger partial charge in [-0.1, -0.05) is 11.8 Å². The SMILES string of the molecule is CC(=O)SCC(O)C(O)c1csc(C#N)c1. The highest BCUT2D eigenvalue weighted by Gasteiger charge is 2.20. The van der Waals surface area contributed by atoms with E-state index in [9.17, 15) is 15.0 Å². The zero-order valence-electron chi connectivity index (χ0n) is 8.58. The molecule has 0 saturated heterocycles. The Hall–Kier alpha value is -0.870. The number of aliphatic hydroxyl groups excluding tert-OH is 2. The average molecular weight is 257 g/mol. The highest BCUT2D eigenvalue weighted by Crippen LogP contribution is 2.24. The smallest absolute Gasteiger partial charge is 0.185 e. The van der Waals surface area contributed by atoms with Crippen molar-refractivity contribution in [1.29, 1.82) is 5.26 Å². The number of nitrogens with zero attached hydrogens (tertiary/aromatic N) is 1. The van der Waals surface area contributed by atoms with E-state index in [-0.39, 0.29) is 10.9 Å². The maximum absolute atomic E-state index is 10.7. The Morgan fingerprint density at radius 2 is 2.38 bits per heavy atom. The van der Waals surface area contributed by atoms with Crippen LogP contribution in [0.2, 0.25) is 0 Å². The van der Waals surface area contributed by atoms with Crippen LogP contribution in [0.3, 0.4) is 0 Å². The van der Waals surface area contributed by atoms with Crippen molar-refractivity contribution in [3.05, 3.63) is 21.9 Å². The van der Waals surface area contributed by atoms with Gasteiger partial charge in [-0.3, -0.25) is 4.79 Å². The predicted molar refractivity (Wildman–Crippen MR) is 63.1 cm³/mol. The van der Waals surface area contributed by atoms with Gasteiger partial charge in [0.25, 0.3) is 0 Å². The van der Waals surface area contributed by atoms with E-state index in [2.05, 4.69) is 0 Å². The molecule has 0 aliphatic rings. The Morgan fingerprint density at radius 3 is 2.88 bits per heavy atom. The van der Waals surface area contributed by atoms with E-state index in [1.165, 1.54) is 24.3 Å². The van der Waals surface area contributed by atoms with Crippen molar-refractivity contribution >= 4 is 28.2 Å². The van der Waals surface area contributed by atoms with Gasteiger partial charge in [0.1, 0.15) is 17.1 Å². The zero-order chi connectivity index (χ0) is 12.1. The summed E-state index contributed by atoms with van der Waals surface area (Å²) in [6.07, 6.45) is -2.06. The molecule has 2 unspecified atom stereocenters. The lowest BCUT2D eigenvalue weighted by Crippen LogP contribution is -2.20. The van der Waals surface area contributed by atoms with Crippen molar-refractivity contribution in [2.45, 2.75) is 19.1 Å². The molecule has 1 heterocycles. The molecular weight excluding hydrogens is 246 g/mol. The number of aliphatic hydroxyl groups is 2. The number of rotatable bonds is 4. The largest absolute Gasteiger partial charge is 0.389 e. The lowest BCUT2D eigenvalue weighted by atomic mass is 10.1. The van der Waals surface area contributed by atoms with Crippen molar-refractivity contribution < 1.29 is 15.0 Å². The Morgan fingerprint density at radius 1 is 1.69 bits per heavy atom. The molecule has 2 N–H and O–H groups in total. The van der Waals surface area contributed by atoms with Crippen LogP contribution in [0.1, 0.15) is 23.5 Å². The first-order valence-electron chi connectivity index (χ1n) is 4.52. The third-order valence-corrected chi connectivity index (χ3v) is 3.66. The van der Waals surface area contributed by atoms with Gasteiger partial charge in [-0.05, 0) is 17.0 Å². The molecule has 0 amide bonds. The molecule has 0 saturated carbocycles. The maximum Gasteiger partial charge on any atom is 0.185 e. The molecule has 0 aromatic carbocycles. The quantitative estimate of drug-likeness (QED) is 0.849. The van der Waals surface area contributed by atoms with Gasteiger partial charge in [-0.15, -0.1) is 11.3 Å². The predicted octanol–water partition coefficient (Wildman–Crippen LogP) is 1.29. The molecule has 2 atom stereocenters. The van der Waals surface area contributed by atoms with Crippen molar-refractivity contribution in [3.8, 4) is 6.07 Å². The summed E-state index contributed by atoms with van der Waals surface area (Å²) in [5.41, 5.74) is 0.512. The van der Waals surface area contributed by atoms with Gasteiger partial charge in [0, 0.05) is 12.7 Å². The number of carbonyl (C=O) groups excluding carboxylic acids is 1. The van der Waals surface area contributed by atoms with Crippen LogP contribution in [0.25, 0.3) is 0 Å². The van der Waals surface area contributed by atoms with Crippen molar-refractivity contribution in [1.82, 2.24) is 0 Å². The number of nitriles is 1. The summed E-state index contributed by atoms with van der Waals surface area (Å²) in [4.78, 5) is 11.2. The van der Waals surface area contributed by atoms with E-state index >= 15 is 0 Å². The van der Waals surface area contributed by atoms with Gasteiger partial charge in [0.2, 0.25) is 0 Å². The van der Waals surface area contributed by atoms with Gasteiger partial charge >= 0.3 is 0 Å². The summed E-state index contributed by atoms with van der Waals surface area (Å²) in [6.45, 7) is 1.40. The molecule has 1 aromatic rings. The minimum absolute atomic E-state index is 0.103. The number of hydrogen-bond donors (Lipinski definition) is 2. The van der Waals surface area contributed by atoms with Gasteiger partial charge in [0.05, 0.1) is 6.10 Å². The molecule has 0 aliphatic heterocycles. The number of hydrogen-bond acceptors (Lipinski definition) is 6. The fourth-order valence-corrected chi connectivity index (χ4v) is 2.40. The molecule has 0 aliphatic carbocycles. The van der Waals surface area contributed by atoms with E-state index in [1.807, 2.05) is 6.07 Å². The molecule has 0 spiro atoms. The van der Waals surface area contributed by atoms with Gasteiger partial charge in [-0.2, -0.15) is 5.26 Å². The fraction of sp³-hybridized carbons (Fsp3) is 0.400. The van der Waals surface area contributed by atoms with Crippen molar-refractivity contribution in [3.63, 3.8) is 0 Å². The fourth-order valence-electron chi connectivity index (χ4n) is 1.08. The second kappa shape index (κ2) is 6.01. The van der Waals surface area contributed by atoms with Gasteiger partial charge < -0.3 is 10.2 Å². The van der Waals surface area contributed by atoms with Crippen LogP contribution < -0.4 is 0 Å². The highest BCUT2D eigenvalue weighted by molar-refractivity contribution is 8.13. The zero-order valence-corrected chi connectivity index (χ0v) is 10.2. The van der Waals surface area contributed by atoms with Crippen molar-refractivity contribution in [2.75, 3.05) is 5.75 Å². The van der Waals surface area contributed by atoms with Crippen molar-refractivity contribution in [2.24, 2.45) is 0 Å². The average Bonchev–Trinajstić information content (AvgIpc) is 2.73. The van der Waals surface area contributed by atoms with Crippen LogP contribution >= 0.6 is 23.1 Å². The molecule has 0 fully saturated rings. The third kappa shape index (κ3) is 3.61. The summed E-state index contributed by atoms with van der Waals surface area (Å²) >= 11 is 2.18. The molecule has 0 radical (unpaired) electrons. The van der Waals surface area contributed by atoms with Crippen LogP contribution in [0.4, 0.5) is 0 Å². The molecule has 16 heavy (non-hydrogen) atoms. The lowest BCUT2D eigenvalue weighted by molar-refractivity contribution is -0.109. The summed E-state index contributed by atoms with van der Waals surface area (Å²) < 4.78 is 0. The number of carbonyl (C=O) groups is 1. The van der Waals surface area contributed by atoms with E-state index < -0.39 is 12.2 Å². The lowest BCUT2D eigenvalue weighted by Gasteiger charge is -2.15. The molecule has 1 aromatic heterocycles. The molecule has 86 valence electrons. The Labute approximate surface area is 102 Å². The summed E-state index contributed by atoms with van der Waals surface area (Å²) in [7, 11) is 0. The molecule has 0 bridgehead atoms. The van der Waals surface area contributed by atoms with Crippen LogP contribution in [0.15, 0.2) is 11.4 Å². The van der Waals surface area contributed by atoms with Crippen LogP contribution in [-0.4, -0.2) is 27.2 Å². The topological polar surface area (TPSA) is 81.3 Å².